The Morgan fingerprint density at radius 1 is 0.667 bits per heavy atom. The first-order valence-corrected chi connectivity index (χ1v) is 18.0. The van der Waals surface area contributed by atoms with Crippen molar-refractivity contribution in [2.45, 2.75) is 180 Å². The van der Waals surface area contributed by atoms with Gasteiger partial charge in [-0.25, -0.2) is 0 Å². The molecule has 0 aromatic heterocycles. The van der Waals surface area contributed by atoms with Crippen LogP contribution in [0.25, 0.3) is 0 Å². The lowest BCUT2D eigenvalue weighted by atomic mass is 10.0. The fourth-order valence-electron chi connectivity index (χ4n) is 4.98. The lowest BCUT2D eigenvalue weighted by Crippen LogP contribution is -2.46. The second kappa shape index (κ2) is 27.3. The van der Waals surface area contributed by atoms with E-state index in [1.165, 1.54) is 109 Å². The van der Waals surface area contributed by atoms with Gasteiger partial charge in [-0.15, -0.1) is 0 Å². The molecule has 0 bridgehead atoms. The smallest absolute Gasteiger partial charge is 0.267 e. The average molecular weight is 574 g/mol. The van der Waals surface area contributed by atoms with Crippen LogP contribution in [0.4, 0.5) is 0 Å². The zero-order valence-electron chi connectivity index (χ0n) is 25.5. The summed E-state index contributed by atoms with van der Waals surface area (Å²) in [7, 11) is -4.32. The SMILES string of the molecule is CCCCC/C=C/C(O)C(CS(=O)(=O)O)NC(=O)CCCCCCCCCCCCCCCCCCCCC. The normalized spacial score (nSPS) is 13.6. The standard InChI is InChI=1S/C32H63NO5S/c1-3-5-7-9-10-11-12-13-14-15-16-17-18-19-20-21-22-24-26-28-32(35)33-30(29-39(36,37)38)31(34)27-25-23-8-6-4-2/h25,27,30-31,34H,3-24,26,28-29H2,1-2H3,(H,33,35)(H,36,37,38)/b27-25+. The number of nitrogens with one attached hydrogen (secondary N) is 1. The van der Waals surface area contributed by atoms with Crippen LogP contribution in [0.5, 0.6) is 0 Å². The Morgan fingerprint density at radius 2 is 1.05 bits per heavy atom. The fraction of sp³-hybridized carbons (Fsp3) is 0.906. The Kier molecular flexibility index (Phi) is 26.6. The fourth-order valence-corrected chi connectivity index (χ4v) is 5.71. The second-order valence-corrected chi connectivity index (χ2v) is 12.9. The lowest BCUT2D eigenvalue weighted by molar-refractivity contribution is -0.122. The largest absolute Gasteiger partial charge is 0.387 e. The zero-order chi connectivity index (χ0) is 29.0. The molecule has 0 saturated heterocycles. The predicted octanol–water partition coefficient (Wildman–Crippen LogP) is 8.68. The number of aliphatic hydroxyl groups is 1. The van der Waals surface area contributed by atoms with Crippen molar-refractivity contribution >= 4 is 16.0 Å². The third kappa shape index (κ3) is 28.4. The van der Waals surface area contributed by atoms with E-state index in [2.05, 4.69) is 19.2 Å². The molecular formula is C32H63NO5S. The average Bonchev–Trinajstić information content (AvgIpc) is 2.88. The van der Waals surface area contributed by atoms with Gasteiger partial charge in [0.2, 0.25) is 5.91 Å². The minimum atomic E-state index is -4.32. The first-order chi connectivity index (χ1) is 18.8. The number of carbonyl (C=O) groups is 1. The summed E-state index contributed by atoms with van der Waals surface area (Å²) in [5.74, 6) is -0.979. The van der Waals surface area contributed by atoms with Crippen molar-refractivity contribution < 1.29 is 22.9 Å². The molecule has 0 fully saturated rings. The summed E-state index contributed by atoms with van der Waals surface area (Å²) >= 11 is 0. The second-order valence-electron chi connectivity index (χ2n) is 11.5. The molecular weight excluding hydrogens is 510 g/mol. The van der Waals surface area contributed by atoms with Gasteiger partial charge in [-0.05, 0) is 19.3 Å². The zero-order valence-corrected chi connectivity index (χ0v) is 26.3. The molecule has 0 radical (unpaired) electrons. The molecule has 0 aromatic rings. The van der Waals surface area contributed by atoms with Gasteiger partial charge in [0.05, 0.1) is 17.9 Å². The highest BCUT2D eigenvalue weighted by molar-refractivity contribution is 7.85. The van der Waals surface area contributed by atoms with Gasteiger partial charge in [-0.2, -0.15) is 8.42 Å². The molecule has 0 spiro atoms. The Balaban J connectivity index is 3.75. The van der Waals surface area contributed by atoms with Crippen molar-refractivity contribution in [1.29, 1.82) is 0 Å². The van der Waals surface area contributed by atoms with Crippen molar-refractivity contribution in [3.63, 3.8) is 0 Å². The highest BCUT2D eigenvalue weighted by Crippen LogP contribution is 2.15. The molecule has 0 aliphatic heterocycles. The summed E-state index contributed by atoms with van der Waals surface area (Å²) in [6.45, 7) is 4.38. The highest BCUT2D eigenvalue weighted by atomic mass is 32.2. The molecule has 39 heavy (non-hydrogen) atoms. The van der Waals surface area contributed by atoms with Gasteiger partial charge in [0.25, 0.3) is 10.1 Å². The van der Waals surface area contributed by atoms with E-state index in [-0.39, 0.29) is 5.91 Å². The Bertz CT molecular complexity index is 680. The van der Waals surface area contributed by atoms with E-state index < -0.39 is 28.0 Å². The Morgan fingerprint density at radius 3 is 1.46 bits per heavy atom. The Hall–Kier alpha value is -0.920. The van der Waals surface area contributed by atoms with Crippen LogP contribution in [0.1, 0.15) is 168 Å². The number of allylic oxidation sites excluding steroid dienone is 1. The van der Waals surface area contributed by atoms with Crippen molar-refractivity contribution in [2.24, 2.45) is 0 Å². The summed E-state index contributed by atoms with van der Waals surface area (Å²) < 4.78 is 31.9. The van der Waals surface area contributed by atoms with Crippen molar-refractivity contribution in [3.05, 3.63) is 12.2 Å². The van der Waals surface area contributed by atoms with Gasteiger partial charge < -0.3 is 10.4 Å². The molecule has 0 rings (SSSR count). The van der Waals surface area contributed by atoms with E-state index in [0.717, 1.165) is 44.9 Å². The van der Waals surface area contributed by atoms with Crippen LogP contribution in [0, 0.1) is 0 Å². The molecule has 0 aliphatic carbocycles. The quantitative estimate of drug-likeness (QED) is 0.0472. The topological polar surface area (TPSA) is 104 Å². The van der Waals surface area contributed by atoms with Gasteiger partial charge >= 0.3 is 0 Å². The molecule has 2 unspecified atom stereocenters. The van der Waals surface area contributed by atoms with E-state index in [9.17, 15) is 22.9 Å². The van der Waals surface area contributed by atoms with Crippen LogP contribution in [0.15, 0.2) is 12.2 Å². The van der Waals surface area contributed by atoms with Gasteiger partial charge in [0.1, 0.15) is 0 Å². The van der Waals surface area contributed by atoms with Gasteiger partial charge in [-0.1, -0.05) is 154 Å². The van der Waals surface area contributed by atoms with E-state index in [1.807, 2.05) is 6.08 Å². The highest BCUT2D eigenvalue weighted by Gasteiger charge is 2.24. The van der Waals surface area contributed by atoms with Crippen molar-refractivity contribution in [2.75, 3.05) is 5.75 Å². The van der Waals surface area contributed by atoms with Crippen LogP contribution < -0.4 is 5.32 Å². The lowest BCUT2D eigenvalue weighted by Gasteiger charge is -2.21. The van der Waals surface area contributed by atoms with Gasteiger partial charge in [0, 0.05) is 6.42 Å². The summed E-state index contributed by atoms with van der Waals surface area (Å²) in [5.41, 5.74) is 0. The number of rotatable bonds is 29. The summed E-state index contributed by atoms with van der Waals surface area (Å²) in [6, 6.07) is -1.05. The van der Waals surface area contributed by atoms with Crippen LogP contribution in [-0.2, 0) is 14.9 Å². The minimum Gasteiger partial charge on any atom is -0.387 e. The number of carbonyl (C=O) groups excluding carboxylic acids is 1. The van der Waals surface area contributed by atoms with E-state index >= 15 is 0 Å². The summed E-state index contributed by atoms with van der Waals surface area (Å²) in [4.78, 5) is 12.3. The van der Waals surface area contributed by atoms with Crippen LogP contribution in [0.2, 0.25) is 0 Å². The molecule has 3 N–H and O–H groups in total. The third-order valence-corrected chi connectivity index (χ3v) is 8.24. The maximum absolute atomic E-state index is 12.3. The van der Waals surface area contributed by atoms with Crippen LogP contribution >= 0.6 is 0 Å². The maximum Gasteiger partial charge on any atom is 0.267 e. The minimum absolute atomic E-state index is 0.283. The predicted molar refractivity (Wildman–Crippen MR) is 166 cm³/mol. The van der Waals surface area contributed by atoms with Crippen LogP contribution in [-0.4, -0.2) is 41.9 Å². The summed E-state index contributed by atoms with van der Waals surface area (Å²) in [5, 5.41) is 12.9. The summed E-state index contributed by atoms with van der Waals surface area (Å²) in [6.07, 6.45) is 31.0. The first kappa shape index (κ1) is 38.1. The van der Waals surface area contributed by atoms with Gasteiger partial charge in [0.15, 0.2) is 0 Å². The molecule has 0 saturated carbocycles. The Labute approximate surface area is 241 Å². The number of hydrogen-bond donors (Lipinski definition) is 3. The van der Waals surface area contributed by atoms with Gasteiger partial charge in [-0.3, -0.25) is 9.35 Å². The number of unbranched alkanes of at least 4 members (excludes halogenated alkanes) is 21. The first-order valence-electron chi connectivity index (χ1n) is 16.4. The molecule has 7 heteroatoms. The molecule has 0 aliphatic rings. The third-order valence-electron chi connectivity index (χ3n) is 7.46. The number of amides is 1. The molecule has 232 valence electrons. The molecule has 1 amide bonds. The van der Waals surface area contributed by atoms with E-state index in [0.29, 0.717) is 6.42 Å². The molecule has 6 nitrogen and oxygen atoms in total. The molecule has 0 aromatic carbocycles. The number of hydrogen-bond acceptors (Lipinski definition) is 4. The van der Waals surface area contributed by atoms with Crippen molar-refractivity contribution in [1.82, 2.24) is 5.32 Å². The van der Waals surface area contributed by atoms with E-state index in [1.54, 1.807) is 0 Å². The van der Waals surface area contributed by atoms with Crippen LogP contribution in [0.3, 0.4) is 0 Å². The van der Waals surface area contributed by atoms with Crippen molar-refractivity contribution in [3.8, 4) is 0 Å². The van der Waals surface area contributed by atoms with E-state index in [4.69, 9.17) is 0 Å². The molecule has 0 heterocycles. The number of aliphatic hydroxyl groups excluding tert-OH is 1. The maximum atomic E-state index is 12.3. The molecule has 2 atom stereocenters. The monoisotopic (exact) mass is 573 g/mol.